The van der Waals surface area contributed by atoms with E-state index < -0.39 is 0 Å². The monoisotopic (exact) mass is 298 g/mol. The summed E-state index contributed by atoms with van der Waals surface area (Å²) in [6.45, 7) is 4.08. The van der Waals surface area contributed by atoms with Gasteiger partial charge in [0.2, 0.25) is 11.1 Å². The van der Waals surface area contributed by atoms with E-state index in [4.69, 9.17) is 5.73 Å². The van der Waals surface area contributed by atoms with Crippen LogP contribution in [-0.2, 0) is 11.3 Å². The summed E-state index contributed by atoms with van der Waals surface area (Å²) in [6, 6.07) is 0.400. The number of thioether (sulfide) groups is 1. The second-order valence-electron chi connectivity index (χ2n) is 4.91. The molecule has 0 saturated carbocycles. The van der Waals surface area contributed by atoms with Gasteiger partial charge in [-0.15, -0.1) is 5.10 Å². The number of tetrazole rings is 1. The Kier molecular flexibility index (Phi) is 5.78. The van der Waals surface area contributed by atoms with Crippen molar-refractivity contribution >= 4 is 17.7 Å². The molecule has 1 unspecified atom stereocenters. The van der Waals surface area contributed by atoms with Crippen molar-refractivity contribution in [3.8, 4) is 0 Å². The maximum Gasteiger partial charge on any atom is 0.233 e. The Hall–Kier alpha value is -1.15. The van der Waals surface area contributed by atoms with Gasteiger partial charge in [0, 0.05) is 19.1 Å². The highest BCUT2D eigenvalue weighted by molar-refractivity contribution is 7.99. The molecule has 0 spiro atoms. The molecule has 2 heterocycles. The van der Waals surface area contributed by atoms with Crippen LogP contribution in [0.15, 0.2) is 5.16 Å². The van der Waals surface area contributed by atoms with Crippen molar-refractivity contribution in [3.05, 3.63) is 0 Å². The zero-order valence-electron chi connectivity index (χ0n) is 11.9. The normalized spacial score (nSPS) is 19.3. The number of nitrogens with zero attached hydrogens (tertiary/aromatic N) is 5. The van der Waals surface area contributed by atoms with E-state index in [0.717, 1.165) is 25.8 Å². The maximum absolute atomic E-state index is 12.3. The zero-order valence-corrected chi connectivity index (χ0v) is 12.7. The molecule has 1 aliphatic heterocycles. The Balaban J connectivity index is 1.89. The molecule has 0 aliphatic carbocycles. The van der Waals surface area contributed by atoms with Gasteiger partial charge in [-0.25, -0.2) is 4.68 Å². The summed E-state index contributed by atoms with van der Waals surface area (Å²) in [7, 11) is 0. The van der Waals surface area contributed by atoms with Gasteiger partial charge in [-0.2, -0.15) is 0 Å². The number of nitrogens with two attached hydrogens (primary N) is 1. The first-order valence-corrected chi connectivity index (χ1v) is 8.13. The molecule has 1 aromatic rings. The van der Waals surface area contributed by atoms with Crippen LogP contribution in [0.5, 0.6) is 0 Å². The summed E-state index contributed by atoms with van der Waals surface area (Å²) >= 11 is 1.39. The predicted octanol–water partition coefficient (Wildman–Crippen LogP) is 0.515. The van der Waals surface area contributed by atoms with Crippen LogP contribution in [0.4, 0.5) is 0 Å². The number of amides is 1. The van der Waals surface area contributed by atoms with Crippen molar-refractivity contribution in [3.63, 3.8) is 0 Å². The van der Waals surface area contributed by atoms with Crippen molar-refractivity contribution in [2.75, 3.05) is 18.8 Å². The SMILES string of the molecule is CCC1CCCCN1C(=O)CSc1nnnn1CCN. The molecule has 0 bridgehead atoms. The highest BCUT2D eigenvalue weighted by atomic mass is 32.2. The van der Waals surface area contributed by atoms with Crippen LogP contribution < -0.4 is 5.73 Å². The van der Waals surface area contributed by atoms with Gasteiger partial charge < -0.3 is 10.6 Å². The molecule has 1 aromatic heterocycles. The molecule has 0 aromatic carbocycles. The minimum Gasteiger partial charge on any atom is -0.339 e. The number of piperidine rings is 1. The van der Waals surface area contributed by atoms with E-state index >= 15 is 0 Å². The molecule has 2 N–H and O–H groups in total. The van der Waals surface area contributed by atoms with Crippen LogP contribution in [0.3, 0.4) is 0 Å². The first kappa shape index (κ1) is 15.2. The summed E-state index contributed by atoms with van der Waals surface area (Å²) in [5, 5.41) is 12.1. The third-order valence-electron chi connectivity index (χ3n) is 3.58. The Labute approximate surface area is 123 Å². The summed E-state index contributed by atoms with van der Waals surface area (Å²) < 4.78 is 1.64. The van der Waals surface area contributed by atoms with Crippen LogP contribution in [0, 0.1) is 0 Å². The Morgan fingerprint density at radius 2 is 2.35 bits per heavy atom. The lowest BCUT2D eigenvalue weighted by atomic mass is 10.0. The standard InChI is InChI=1S/C12H22N6OS/c1-2-10-5-3-4-7-17(10)11(19)9-20-12-14-15-16-18(12)8-6-13/h10H,2-9,13H2,1H3. The molecular weight excluding hydrogens is 276 g/mol. The van der Waals surface area contributed by atoms with Gasteiger partial charge in [0.05, 0.1) is 12.3 Å². The fourth-order valence-corrected chi connectivity index (χ4v) is 3.31. The predicted molar refractivity (Wildman–Crippen MR) is 77.2 cm³/mol. The van der Waals surface area contributed by atoms with Crippen molar-refractivity contribution in [2.45, 2.75) is 50.4 Å². The van der Waals surface area contributed by atoms with Crippen LogP contribution in [0.1, 0.15) is 32.6 Å². The van der Waals surface area contributed by atoms with Crippen molar-refractivity contribution in [2.24, 2.45) is 5.73 Å². The quantitative estimate of drug-likeness (QED) is 0.770. The van der Waals surface area contributed by atoms with Crippen molar-refractivity contribution < 1.29 is 4.79 Å². The maximum atomic E-state index is 12.3. The third-order valence-corrected chi connectivity index (χ3v) is 4.53. The third kappa shape index (κ3) is 3.69. The zero-order chi connectivity index (χ0) is 14.4. The van der Waals surface area contributed by atoms with Gasteiger partial charge in [-0.1, -0.05) is 18.7 Å². The number of carbonyl (C=O) groups is 1. The van der Waals surface area contributed by atoms with Crippen LogP contribution in [0.2, 0.25) is 0 Å². The largest absolute Gasteiger partial charge is 0.339 e. The molecule has 8 heteroatoms. The smallest absolute Gasteiger partial charge is 0.233 e. The average molecular weight is 298 g/mol. The lowest BCUT2D eigenvalue weighted by Crippen LogP contribution is -2.44. The first-order valence-electron chi connectivity index (χ1n) is 7.14. The van der Waals surface area contributed by atoms with E-state index in [1.807, 2.05) is 4.90 Å². The average Bonchev–Trinajstić information content (AvgIpc) is 2.92. The van der Waals surface area contributed by atoms with E-state index in [1.54, 1.807) is 4.68 Å². The van der Waals surface area contributed by atoms with Gasteiger partial charge in [-0.3, -0.25) is 4.79 Å². The Bertz CT molecular complexity index is 437. The summed E-state index contributed by atoms with van der Waals surface area (Å²) in [6.07, 6.45) is 4.49. The fourth-order valence-electron chi connectivity index (χ4n) is 2.53. The molecular formula is C12H22N6OS. The fraction of sp³-hybridized carbons (Fsp3) is 0.833. The van der Waals surface area contributed by atoms with Gasteiger partial charge in [0.15, 0.2) is 0 Å². The molecule has 1 amide bonds. The topological polar surface area (TPSA) is 89.9 Å². The van der Waals surface area contributed by atoms with E-state index in [0.29, 0.717) is 30.0 Å². The molecule has 7 nitrogen and oxygen atoms in total. The number of carbonyl (C=O) groups excluding carboxylic acids is 1. The number of aromatic nitrogens is 4. The van der Waals surface area contributed by atoms with Crippen LogP contribution in [0.25, 0.3) is 0 Å². The molecule has 1 aliphatic rings. The summed E-state index contributed by atoms with van der Waals surface area (Å²) in [5.74, 6) is 0.574. The van der Waals surface area contributed by atoms with Crippen LogP contribution in [-0.4, -0.2) is 55.9 Å². The highest BCUT2D eigenvalue weighted by Crippen LogP contribution is 2.22. The molecule has 20 heavy (non-hydrogen) atoms. The molecule has 1 saturated heterocycles. The minimum absolute atomic E-state index is 0.184. The van der Waals surface area contributed by atoms with Gasteiger partial charge in [-0.05, 0) is 36.1 Å². The Morgan fingerprint density at radius 3 is 3.10 bits per heavy atom. The van der Waals surface area contributed by atoms with Gasteiger partial charge in [0.25, 0.3) is 0 Å². The highest BCUT2D eigenvalue weighted by Gasteiger charge is 2.25. The van der Waals surface area contributed by atoms with E-state index in [1.165, 1.54) is 18.2 Å². The number of likely N-dealkylation sites (tertiary alicyclic amines) is 1. The van der Waals surface area contributed by atoms with Gasteiger partial charge in [0.1, 0.15) is 0 Å². The summed E-state index contributed by atoms with van der Waals surface area (Å²) in [4.78, 5) is 14.4. The second kappa shape index (κ2) is 7.58. The van der Waals surface area contributed by atoms with E-state index in [9.17, 15) is 4.79 Å². The number of hydrogen-bond acceptors (Lipinski definition) is 6. The summed E-state index contributed by atoms with van der Waals surface area (Å²) in [5.41, 5.74) is 5.50. The van der Waals surface area contributed by atoms with E-state index in [2.05, 4.69) is 22.4 Å². The minimum atomic E-state index is 0.184. The molecule has 1 atom stereocenters. The van der Waals surface area contributed by atoms with Gasteiger partial charge >= 0.3 is 0 Å². The molecule has 0 radical (unpaired) electrons. The van der Waals surface area contributed by atoms with Crippen LogP contribution >= 0.6 is 11.8 Å². The first-order chi connectivity index (χ1) is 9.76. The lowest BCUT2D eigenvalue weighted by molar-refractivity contribution is -0.132. The molecule has 1 fully saturated rings. The van der Waals surface area contributed by atoms with Crippen molar-refractivity contribution in [1.82, 2.24) is 25.1 Å². The molecule has 2 rings (SSSR count). The second-order valence-corrected chi connectivity index (χ2v) is 5.85. The lowest BCUT2D eigenvalue weighted by Gasteiger charge is -2.35. The van der Waals surface area contributed by atoms with Crippen molar-refractivity contribution in [1.29, 1.82) is 0 Å². The Morgan fingerprint density at radius 1 is 1.50 bits per heavy atom. The number of hydrogen-bond donors (Lipinski definition) is 1. The van der Waals surface area contributed by atoms with E-state index in [-0.39, 0.29) is 5.91 Å². The molecule has 112 valence electrons. The number of rotatable bonds is 6.